The molecule has 0 saturated carbocycles. The van der Waals surface area contributed by atoms with Gasteiger partial charge in [-0.05, 0) is 18.4 Å². The summed E-state index contributed by atoms with van der Waals surface area (Å²) in [6.45, 7) is -0.215. The Balaban J connectivity index is 2.25. The summed E-state index contributed by atoms with van der Waals surface area (Å²) < 4.78 is 12.1. The molecule has 3 heteroatoms. The number of nitrogens with zero attached hydrogens (tertiary/aromatic N) is 1. The van der Waals surface area contributed by atoms with E-state index in [1.807, 2.05) is 30.3 Å². The molecule has 1 aromatic rings. The van der Waals surface area contributed by atoms with Gasteiger partial charge in [0.05, 0.1) is 0 Å². The van der Waals surface area contributed by atoms with Gasteiger partial charge in [0, 0.05) is 6.54 Å². The molecule has 76 valence electrons. The number of rotatable bonds is 6. The standard InChI is InChI=1S/C11H14FNO/c12-9-13(10-14)8-4-7-11-5-2-1-3-6-11/h1-3,5-6,10H,4,7-9H2. The Morgan fingerprint density at radius 2 is 2.00 bits per heavy atom. The average molecular weight is 195 g/mol. The second kappa shape index (κ2) is 6.13. The first kappa shape index (κ1) is 10.7. The number of alkyl halides is 1. The molecule has 0 bridgehead atoms. The quantitative estimate of drug-likeness (QED) is 0.502. The van der Waals surface area contributed by atoms with Crippen molar-refractivity contribution >= 4 is 6.41 Å². The van der Waals surface area contributed by atoms with Crippen molar-refractivity contribution in [2.45, 2.75) is 12.8 Å². The number of hydrogen-bond donors (Lipinski definition) is 0. The van der Waals surface area contributed by atoms with Crippen LogP contribution >= 0.6 is 0 Å². The summed E-state index contributed by atoms with van der Waals surface area (Å²) >= 11 is 0. The van der Waals surface area contributed by atoms with Crippen LogP contribution in [0.3, 0.4) is 0 Å². The van der Waals surface area contributed by atoms with E-state index >= 15 is 0 Å². The first-order valence-corrected chi connectivity index (χ1v) is 4.66. The minimum Gasteiger partial charge on any atom is -0.318 e. The van der Waals surface area contributed by atoms with Crippen LogP contribution in [0.4, 0.5) is 4.39 Å². The van der Waals surface area contributed by atoms with Gasteiger partial charge in [-0.3, -0.25) is 4.79 Å². The van der Waals surface area contributed by atoms with Crippen molar-refractivity contribution in [1.29, 1.82) is 0 Å². The highest BCUT2D eigenvalue weighted by atomic mass is 19.1. The van der Waals surface area contributed by atoms with Gasteiger partial charge in [0.2, 0.25) is 6.41 Å². The van der Waals surface area contributed by atoms with Crippen LogP contribution in [0.5, 0.6) is 0 Å². The van der Waals surface area contributed by atoms with Gasteiger partial charge in [0.1, 0.15) is 0 Å². The Kier molecular flexibility index (Phi) is 4.69. The summed E-state index contributed by atoms with van der Waals surface area (Å²) in [6, 6.07) is 9.97. The number of carbonyl (C=O) groups excluding carboxylic acids is 1. The molecule has 0 saturated heterocycles. The van der Waals surface area contributed by atoms with Crippen LogP contribution in [0.15, 0.2) is 30.3 Å². The lowest BCUT2D eigenvalue weighted by Gasteiger charge is -2.11. The molecule has 0 aliphatic rings. The number of carbonyl (C=O) groups is 1. The van der Waals surface area contributed by atoms with Gasteiger partial charge < -0.3 is 4.90 Å². The maximum absolute atomic E-state index is 12.1. The van der Waals surface area contributed by atoms with Crippen LogP contribution in [-0.2, 0) is 11.2 Å². The Morgan fingerprint density at radius 1 is 1.29 bits per heavy atom. The van der Waals surface area contributed by atoms with Crippen LogP contribution in [-0.4, -0.2) is 24.7 Å². The van der Waals surface area contributed by atoms with E-state index in [4.69, 9.17) is 0 Å². The molecule has 1 amide bonds. The maximum Gasteiger partial charge on any atom is 0.211 e. The fraction of sp³-hybridized carbons (Fsp3) is 0.364. The lowest BCUT2D eigenvalue weighted by atomic mass is 10.1. The summed E-state index contributed by atoms with van der Waals surface area (Å²) in [5.74, 6) is 0. The van der Waals surface area contributed by atoms with Crippen molar-refractivity contribution in [3.05, 3.63) is 35.9 Å². The first-order chi connectivity index (χ1) is 6.86. The molecule has 0 aromatic heterocycles. The highest BCUT2D eigenvalue weighted by molar-refractivity contribution is 5.46. The van der Waals surface area contributed by atoms with E-state index in [0.29, 0.717) is 13.0 Å². The zero-order valence-corrected chi connectivity index (χ0v) is 8.03. The second-order valence-electron chi connectivity index (χ2n) is 3.13. The van der Waals surface area contributed by atoms with Crippen molar-refractivity contribution in [1.82, 2.24) is 4.90 Å². The van der Waals surface area contributed by atoms with Crippen LogP contribution in [0.25, 0.3) is 0 Å². The lowest BCUT2D eigenvalue weighted by molar-refractivity contribution is -0.119. The molecule has 0 spiro atoms. The van der Waals surface area contributed by atoms with Crippen LogP contribution in [0, 0.1) is 0 Å². The van der Waals surface area contributed by atoms with Crippen molar-refractivity contribution in [2.75, 3.05) is 13.3 Å². The highest BCUT2D eigenvalue weighted by Crippen LogP contribution is 2.02. The fourth-order valence-corrected chi connectivity index (χ4v) is 1.27. The second-order valence-corrected chi connectivity index (χ2v) is 3.13. The Morgan fingerprint density at radius 3 is 2.57 bits per heavy atom. The predicted molar refractivity (Wildman–Crippen MR) is 53.5 cm³/mol. The summed E-state index contributed by atoms with van der Waals surface area (Å²) in [6.07, 6.45) is 2.23. The molecule has 0 aliphatic carbocycles. The molecule has 0 radical (unpaired) electrons. The normalized spacial score (nSPS) is 9.79. The van der Waals surface area contributed by atoms with Gasteiger partial charge in [-0.1, -0.05) is 30.3 Å². The van der Waals surface area contributed by atoms with E-state index in [0.717, 1.165) is 17.7 Å². The largest absolute Gasteiger partial charge is 0.318 e. The summed E-state index contributed by atoms with van der Waals surface area (Å²) in [5.41, 5.74) is 1.22. The summed E-state index contributed by atoms with van der Waals surface area (Å²) in [5, 5.41) is 0. The van der Waals surface area contributed by atoms with Gasteiger partial charge >= 0.3 is 0 Å². The van der Waals surface area contributed by atoms with E-state index in [-0.39, 0.29) is 0 Å². The number of benzene rings is 1. The van der Waals surface area contributed by atoms with Gasteiger partial charge in [-0.15, -0.1) is 0 Å². The average Bonchev–Trinajstić information content (AvgIpc) is 2.26. The zero-order valence-electron chi connectivity index (χ0n) is 8.03. The van der Waals surface area contributed by atoms with Gasteiger partial charge in [-0.2, -0.15) is 0 Å². The molecular weight excluding hydrogens is 181 g/mol. The molecule has 0 atom stereocenters. The number of halogens is 1. The van der Waals surface area contributed by atoms with Crippen LogP contribution < -0.4 is 0 Å². The SMILES string of the molecule is O=CN(CF)CCCc1ccccc1. The number of amides is 1. The maximum atomic E-state index is 12.1. The van der Waals surface area contributed by atoms with Crippen LogP contribution in [0.2, 0.25) is 0 Å². The molecule has 1 aromatic carbocycles. The third-order valence-corrected chi connectivity index (χ3v) is 2.06. The van der Waals surface area contributed by atoms with E-state index in [1.165, 1.54) is 5.56 Å². The molecule has 0 heterocycles. The minimum absolute atomic E-state index is 0.481. The monoisotopic (exact) mass is 195 g/mol. The molecule has 0 fully saturated rings. The van der Waals surface area contributed by atoms with E-state index in [1.54, 1.807) is 0 Å². The van der Waals surface area contributed by atoms with E-state index in [2.05, 4.69) is 0 Å². The smallest absolute Gasteiger partial charge is 0.211 e. The zero-order chi connectivity index (χ0) is 10.2. The number of aryl methyl sites for hydroxylation is 1. The third-order valence-electron chi connectivity index (χ3n) is 2.06. The van der Waals surface area contributed by atoms with Gasteiger partial charge in [-0.25, -0.2) is 4.39 Å². The minimum atomic E-state index is -0.696. The lowest BCUT2D eigenvalue weighted by Crippen LogP contribution is -2.22. The molecular formula is C11H14FNO. The molecule has 1 rings (SSSR count). The van der Waals surface area contributed by atoms with Gasteiger partial charge in [0.15, 0.2) is 6.80 Å². The number of hydrogen-bond acceptors (Lipinski definition) is 1. The third kappa shape index (κ3) is 3.56. The summed E-state index contributed by atoms with van der Waals surface area (Å²) in [4.78, 5) is 11.4. The molecule has 2 nitrogen and oxygen atoms in total. The van der Waals surface area contributed by atoms with E-state index in [9.17, 15) is 9.18 Å². The molecule has 14 heavy (non-hydrogen) atoms. The van der Waals surface area contributed by atoms with Gasteiger partial charge in [0.25, 0.3) is 0 Å². The highest BCUT2D eigenvalue weighted by Gasteiger charge is 1.99. The van der Waals surface area contributed by atoms with Crippen LogP contribution in [0.1, 0.15) is 12.0 Å². The fourth-order valence-electron chi connectivity index (χ4n) is 1.27. The Bertz CT molecular complexity index is 263. The first-order valence-electron chi connectivity index (χ1n) is 4.66. The predicted octanol–water partition coefficient (Wildman–Crippen LogP) is 2.00. The van der Waals surface area contributed by atoms with E-state index < -0.39 is 6.80 Å². The topological polar surface area (TPSA) is 20.3 Å². The molecule has 0 aliphatic heterocycles. The Hall–Kier alpha value is -1.38. The summed E-state index contributed by atoms with van der Waals surface area (Å²) in [7, 11) is 0. The Labute approximate surface area is 83.3 Å². The van der Waals surface area contributed by atoms with Crippen molar-refractivity contribution in [3.8, 4) is 0 Å². The van der Waals surface area contributed by atoms with Crippen molar-refractivity contribution in [3.63, 3.8) is 0 Å². The van der Waals surface area contributed by atoms with Crippen molar-refractivity contribution < 1.29 is 9.18 Å². The van der Waals surface area contributed by atoms with Crippen molar-refractivity contribution in [2.24, 2.45) is 0 Å². The molecule has 0 unspecified atom stereocenters. The molecule has 0 N–H and O–H groups in total.